The summed E-state index contributed by atoms with van der Waals surface area (Å²) in [5, 5.41) is 17.3. The molecule has 3 heterocycles. The van der Waals surface area contributed by atoms with Gasteiger partial charge in [0.05, 0.1) is 31.2 Å². The van der Waals surface area contributed by atoms with Crippen LogP contribution in [0, 0.1) is 6.92 Å². The van der Waals surface area contributed by atoms with Crippen molar-refractivity contribution in [3.05, 3.63) is 23.4 Å². The summed E-state index contributed by atoms with van der Waals surface area (Å²) in [5.41, 5.74) is 2.42. The summed E-state index contributed by atoms with van der Waals surface area (Å²) in [5.74, 6) is 1.34. The fourth-order valence-electron chi connectivity index (χ4n) is 2.28. The molecule has 0 radical (unpaired) electrons. The number of anilines is 1. The van der Waals surface area contributed by atoms with Crippen molar-refractivity contribution in [3.63, 3.8) is 0 Å². The maximum Gasteiger partial charge on any atom is 0.236 e. The summed E-state index contributed by atoms with van der Waals surface area (Å²) in [6, 6.07) is 1.91. The number of aryl methyl sites for hydroxylation is 1. The Morgan fingerprint density at radius 1 is 1.50 bits per heavy atom. The van der Waals surface area contributed by atoms with E-state index in [1.165, 1.54) is 0 Å². The third-order valence-electron chi connectivity index (χ3n) is 3.25. The smallest absolute Gasteiger partial charge is 0.236 e. The molecular weight excluding hydrogens is 260 g/mol. The second kappa shape index (κ2) is 5.01. The van der Waals surface area contributed by atoms with Crippen molar-refractivity contribution in [1.82, 2.24) is 14.8 Å². The molecule has 0 unspecified atom stereocenters. The Bertz CT molecular complexity index is 639. The zero-order valence-electron chi connectivity index (χ0n) is 11.4. The minimum absolute atomic E-state index is 0.0199. The minimum atomic E-state index is 0.0199. The van der Waals surface area contributed by atoms with Gasteiger partial charge in [0.25, 0.3) is 0 Å². The van der Waals surface area contributed by atoms with E-state index in [1.807, 2.05) is 13.0 Å². The van der Waals surface area contributed by atoms with Gasteiger partial charge < -0.3 is 19.9 Å². The van der Waals surface area contributed by atoms with Gasteiger partial charge in [-0.25, -0.2) is 9.67 Å². The molecule has 20 heavy (non-hydrogen) atoms. The first-order valence-corrected chi connectivity index (χ1v) is 6.34. The normalized spacial score (nSPS) is 14.3. The van der Waals surface area contributed by atoms with Gasteiger partial charge in [0.1, 0.15) is 12.5 Å². The van der Waals surface area contributed by atoms with E-state index in [4.69, 9.17) is 9.47 Å². The summed E-state index contributed by atoms with van der Waals surface area (Å²) in [6.45, 7) is 2.85. The number of aromatic nitrogens is 3. The highest BCUT2D eigenvalue weighted by molar-refractivity contribution is 5.56. The molecule has 2 N–H and O–H groups in total. The molecule has 1 aliphatic rings. The van der Waals surface area contributed by atoms with Crippen LogP contribution in [0.15, 0.2) is 12.3 Å². The fourth-order valence-corrected chi connectivity index (χ4v) is 2.28. The third kappa shape index (κ3) is 2.05. The van der Waals surface area contributed by atoms with Crippen molar-refractivity contribution in [1.29, 1.82) is 0 Å². The van der Waals surface area contributed by atoms with Crippen molar-refractivity contribution in [2.75, 3.05) is 25.8 Å². The van der Waals surface area contributed by atoms with E-state index in [0.29, 0.717) is 25.6 Å². The van der Waals surface area contributed by atoms with Crippen LogP contribution >= 0.6 is 0 Å². The number of ether oxygens (including phenoxy) is 2. The molecule has 7 nitrogen and oxygen atoms in total. The molecule has 0 aliphatic carbocycles. The van der Waals surface area contributed by atoms with Gasteiger partial charge in [0.15, 0.2) is 0 Å². The van der Waals surface area contributed by atoms with Crippen LogP contribution < -0.4 is 10.1 Å². The lowest BCUT2D eigenvalue weighted by molar-refractivity contribution is 0.159. The molecule has 0 atom stereocenters. The van der Waals surface area contributed by atoms with Gasteiger partial charge in [0, 0.05) is 12.0 Å². The van der Waals surface area contributed by atoms with Crippen molar-refractivity contribution in [2.24, 2.45) is 0 Å². The van der Waals surface area contributed by atoms with Gasteiger partial charge in [-0.3, -0.25) is 0 Å². The lowest BCUT2D eigenvalue weighted by Crippen LogP contribution is -2.09. The van der Waals surface area contributed by atoms with E-state index in [0.717, 1.165) is 22.6 Å². The molecule has 0 fully saturated rings. The van der Waals surface area contributed by atoms with Crippen LogP contribution in [0.2, 0.25) is 0 Å². The molecule has 0 spiro atoms. The first-order chi connectivity index (χ1) is 9.70. The van der Waals surface area contributed by atoms with Crippen molar-refractivity contribution >= 4 is 5.82 Å². The molecule has 2 aromatic rings. The molecule has 0 saturated heterocycles. The molecule has 0 bridgehead atoms. The Hall–Kier alpha value is -2.28. The average Bonchev–Trinajstić information content (AvgIpc) is 2.64. The van der Waals surface area contributed by atoms with Gasteiger partial charge in [0.2, 0.25) is 11.8 Å². The summed E-state index contributed by atoms with van der Waals surface area (Å²) >= 11 is 0. The maximum atomic E-state index is 9.96. The summed E-state index contributed by atoms with van der Waals surface area (Å²) in [7, 11) is 1.58. The van der Waals surface area contributed by atoms with E-state index < -0.39 is 0 Å². The van der Waals surface area contributed by atoms with Gasteiger partial charge in [-0.2, -0.15) is 0 Å². The first kappa shape index (κ1) is 12.7. The maximum absolute atomic E-state index is 9.96. The number of rotatable bonds is 2. The Morgan fingerprint density at radius 2 is 2.35 bits per heavy atom. The van der Waals surface area contributed by atoms with Crippen LogP contribution in [-0.4, -0.2) is 40.3 Å². The number of nitrogens with one attached hydrogen (secondary N) is 1. The number of hydrogen-bond acceptors (Lipinski definition) is 6. The van der Waals surface area contributed by atoms with Gasteiger partial charge in [-0.1, -0.05) is 0 Å². The molecule has 0 aromatic carbocycles. The Balaban J connectivity index is 2.08. The quantitative estimate of drug-likeness (QED) is 0.858. The van der Waals surface area contributed by atoms with Crippen molar-refractivity contribution in [3.8, 4) is 17.4 Å². The zero-order chi connectivity index (χ0) is 14.1. The third-order valence-corrected chi connectivity index (χ3v) is 3.25. The van der Waals surface area contributed by atoms with Crippen molar-refractivity contribution in [2.45, 2.75) is 13.3 Å². The number of nitrogens with zero attached hydrogens (tertiary/aromatic N) is 3. The first-order valence-electron chi connectivity index (χ1n) is 6.34. The highest BCUT2D eigenvalue weighted by atomic mass is 16.5. The van der Waals surface area contributed by atoms with Crippen LogP contribution in [0.1, 0.15) is 11.1 Å². The molecule has 2 aromatic heterocycles. The number of aromatic hydroxyl groups is 1. The topological polar surface area (TPSA) is 81.4 Å². The highest BCUT2D eigenvalue weighted by Gasteiger charge is 2.20. The van der Waals surface area contributed by atoms with Gasteiger partial charge in [-0.15, -0.1) is 5.10 Å². The van der Waals surface area contributed by atoms with E-state index in [2.05, 4.69) is 15.4 Å². The Kier molecular flexibility index (Phi) is 3.19. The van der Waals surface area contributed by atoms with Crippen molar-refractivity contribution < 1.29 is 14.6 Å². The molecular formula is C13H16N4O3. The summed E-state index contributed by atoms with van der Waals surface area (Å²) in [4.78, 5) is 4.23. The van der Waals surface area contributed by atoms with E-state index >= 15 is 0 Å². The number of methoxy groups -OCH3 is 1. The lowest BCUT2D eigenvalue weighted by Gasteiger charge is -2.10. The van der Waals surface area contributed by atoms with Crippen LogP contribution in [0.5, 0.6) is 11.8 Å². The standard InChI is InChI=1S/C13H16N4O3/c1-8-5-9(6-14-13(8)19-2)17-11-10(12(18)16-17)3-4-20-7-15-11/h5-6,15H,3-4,7H2,1-2H3,(H,16,18). The zero-order valence-corrected chi connectivity index (χ0v) is 11.4. The monoisotopic (exact) mass is 276 g/mol. The van der Waals surface area contributed by atoms with E-state index in [1.54, 1.807) is 18.0 Å². The second-order valence-corrected chi connectivity index (χ2v) is 4.56. The number of pyridine rings is 1. The second-order valence-electron chi connectivity index (χ2n) is 4.56. The molecule has 1 aliphatic heterocycles. The minimum Gasteiger partial charge on any atom is -0.492 e. The molecule has 3 rings (SSSR count). The molecule has 0 amide bonds. The summed E-state index contributed by atoms with van der Waals surface area (Å²) in [6.07, 6.45) is 2.28. The number of fused-ring (bicyclic) bond motifs is 1. The number of hydrogen-bond donors (Lipinski definition) is 2. The Morgan fingerprint density at radius 3 is 3.10 bits per heavy atom. The predicted octanol–water partition coefficient (Wildman–Crippen LogP) is 1.23. The molecule has 7 heteroatoms. The highest BCUT2D eigenvalue weighted by Crippen LogP contribution is 2.30. The van der Waals surface area contributed by atoms with Crippen LogP contribution in [0.4, 0.5) is 5.82 Å². The van der Waals surface area contributed by atoms with Crippen LogP contribution in [0.25, 0.3) is 5.69 Å². The van der Waals surface area contributed by atoms with Gasteiger partial charge >= 0.3 is 0 Å². The van der Waals surface area contributed by atoms with Crippen LogP contribution in [0.3, 0.4) is 0 Å². The van der Waals surface area contributed by atoms with Crippen LogP contribution in [-0.2, 0) is 11.2 Å². The fraction of sp³-hybridized carbons (Fsp3) is 0.385. The molecule has 106 valence electrons. The van der Waals surface area contributed by atoms with E-state index in [-0.39, 0.29) is 5.88 Å². The lowest BCUT2D eigenvalue weighted by atomic mass is 10.2. The van der Waals surface area contributed by atoms with Gasteiger partial charge in [-0.05, 0) is 13.0 Å². The predicted molar refractivity (Wildman–Crippen MR) is 72.5 cm³/mol. The average molecular weight is 276 g/mol. The largest absolute Gasteiger partial charge is 0.492 e. The van der Waals surface area contributed by atoms with E-state index in [9.17, 15) is 5.11 Å². The molecule has 0 saturated carbocycles. The SMILES string of the molecule is COc1ncc(-n2nc(O)c3c2NCOCC3)cc1C. The Labute approximate surface area is 116 Å². The summed E-state index contributed by atoms with van der Waals surface area (Å²) < 4.78 is 12.1.